The topological polar surface area (TPSA) is 21.3 Å². The van der Waals surface area contributed by atoms with Crippen molar-refractivity contribution in [2.45, 2.75) is 51.5 Å². The molecule has 2 rings (SSSR count). The van der Waals surface area contributed by atoms with Gasteiger partial charge in [-0.2, -0.15) is 0 Å². The van der Waals surface area contributed by atoms with Crippen LogP contribution in [0, 0.1) is 11.7 Å². The highest BCUT2D eigenvalue weighted by atomic mass is 19.1. The Morgan fingerprint density at radius 1 is 1.30 bits per heavy atom. The van der Waals surface area contributed by atoms with E-state index in [2.05, 4.69) is 12.2 Å². The fourth-order valence-electron chi connectivity index (χ4n) is 3.34. The zero-order valence-corrected chi connectivity index (χ0v) is 12.6. The van der Waals surface area contributed by atoms with Gasteiger partial charge in [0.05, 0.1) is 7.11 Å². The van der Waals surface area contributed by atoms with Gasteiger partial charge in [0, 0.05) is 11.6 Å². The average molecular weight is 279 g/mol. The molecule has 0 bridgehead atoms. The zero-order chi connectivity index (χ0) is 14.4. The fraction of sp³-hybridized carbons (Fsp3) is 0.647. The van der Waals surface area contributed by atoms with Gasteiger partial charge in [0.1, 0.15) is 11.6 Å². The molecule has 0 aliphatic heterocycles. The second-order valence-corrected chi connectivity index (χ2v) is 5.71. The molecule has 1 unspecified atom stereocenters. The molecule has 0 spiro atoms. The highest BCUT2D eigenvalue weighted by molar-refractivity contribution is 5.37. The highest BCUT2D eigenvalue weighted by Crippen LogP contribution is 2.36. The van der Waals surface area contributed by atoms with Crippen molar-refractivity contribution in [1.29, 1.82) is 0 Å². The monoisotopic (exact) mass is 279 g/mol. The molecule has 1 N–H and O–H groups in total. The summed E-state index contributed by atoms with van der Waals surface area (Å²) in [6.07, 6.45) is 7.55. The Hall–Kier alpha value is -1.09. The smallest absolute Gasteiger partial charge is 0.131 e. The number of hydrogen-bond acceptors (Lipinski definition) is 2. The van der Waals surface area contributed by atoms with Crippen molar-refractivity contribution < 1.29 is 9.13 Å². The second-order valence-electron chi connectivity index (χ2n) is 5.71. The summed E-state index contributed by atoms with van der Waals surface area (Å²) in [5.41, 5.74) is 0.697. The molecule has 1 atom stereocenters. The predicted molar refractivity (Wildman–Crippen MR) is 80.6 cm³/mol. The van der Waals surface area contributed by atoms with E-state index in [1.807, 2.05) is 6.07 Å². The lowest BCUT2D eigenvalue weighted by Gasteiger charge is -2.28. The van der Waals surface area contributed by atoms with Gasteiger partial charge >= 0.3 is 0 Å². The number of benzene rings is 1. The molecule has 112 valence electrons. The highest BCUT2D eigenvalue weighted by Gasteiger charge is 2.24. The molecule has 1 fully saturated rings. The number of ether oxygens (including phenoxy) is 1. The minimum absolute atomic E-state index is 0.0549. The van der Waals surface area contributed by atoms with Crippen LogP contribution in [0.5, 0.6) is 5.75 Å². The number of halogens is 1. The summed E-state index contributed by atoms with van der Waals surface area (Å²) in [5, 5.41) is 3.44. The molecule has 1 aromatic carbocycles. The molecule has 20 heavy (non-hydrogen) atoms. The van der Waals surface area contributed by atoms with Crippen molar-refractivity contribution >= 4 is 0 Å². The normalized spacial score (nSPS) is 17.9. The molecule has 1 aromatic rings. The molecule has 2 nitrogen and oxygen atoms in total. The molecule has 1 aliphatic carbocycles. The van der Waals surface area contributed by atoms with E-state index in [0.29, 0.717) is 17.2 Å². The van der Waals surface area contributed by atoms with Gasteiger partial charge in [-0.15, -0.1) is 0 Å². The van der Waals surface area contributed by atoms with E-state index >= 15 is 0 Å². The van der Waals surface area contributed by atoms with E-state index in [4.69, 9.17) is 4.74 Å². The van der Waals surface area contributed by atoms with Crippen molar-refractivity contribution in [2.24, 2.45) is 5.92 Å². The van der Waals surface area contributed by atoms with Gasteiger partial charge < -0.3 is 10.1 Å². The molecular weight excluding hydrogens is 253 g/mol. The first-order chi connectivity index (χ1) is 9.76. The molecule has 0 amide bonds. The van der Waals surface area contributed by atoms with Crippen LogP contribution in [0.4, 0.5) is 4.39 Å². The van der Waals surface area contributed by atoms with E-state index in [0.717, 1.165) is 13.0 Å². The van der Waals surface area contributed by atoms with Crippen molar-refractivity contribution in [3.8, 4) is 5.75 Å². The Kier molecular flexibility index (Phi) is 5.84. The van der Waals surface area contributed by atoms with Crippen LogP contribution >= 0.6 is 0 Å². The Morgan fingerprint density at radius 2 is 2.05 bits per heavy atom. The summed E-state index contributed by atoms with van der Waals surface area (Å²) in [4.78, 5) is 0. The number of rotatable bonds is 6. The fourth-order valence-corrected chi connectivity index (χ4v) is 3.34. The lowest BCUT2D eigenvalue weighted by atomic mass is 9.83. The lowest BCUT2D eigenvalue weighted by Crippen LogP contribution is -2.25. The first kappa shape index (κ1) is 15.3. The third-order valence-corrected chi connectivity index (χ3v) is 4.33. The minimum Gasteiger partial charge on any atom is -0.496 e. The predicted octanol–water partition coefficient (Wildman–Crippen LogP) is 4.46. The summed E-state index contributed by atoms with van der Waals surface area (Å²) in [6.45, 7) is 2.91. The second kappa shape index (κ2) is 7.63. The van der Waals surface area contributed by atoms with Crippen LogP contribution in [0.15, 0.2) is 18.2 Å². The van der Waals surface area contributed by atoms with Gasteiger partial charge in [0.25, 0.3) is 0 Å². The first-order valence-electron chi connectivity index (χ1n) is 7.82. The maximum Gasteiger partial charge on any atom is 0.131 e. The molecular formula is C17H26FNO. The van der Waals surface area contributed by atoms with Crippen LogP contribution in [0.3, 0.4) is 0 Å². The summed E-state index contributed by atoms with van der Waals surface area (Å²) < 4.78 is 19.6. The standard InChI is InChI=1S/C17H26FNO/c1-3-19-15(12-13-8-5-4-6-9-13)17-14(18)10-7-11-16(17)20-2/h7,10-11,13,15,19H,3-6,8-9,12H2,1-2H3. The van der Waals surface area contributed by atoms with E-state index in [9.17, 15) is 4.39 Å². The van der Waals surface area contributed by atoms with Gasteiger partial charge in [-0.25, -0.2) is 4.39 Å². The maximum absolute atomic E-state index is 14.2. The summed E-state index contributed by atoms with van der Waals surface area (Å²) in [6, 6.07) is 5.15. The first-order valence-corrected chi connectivity index (χ1v) is 7.82. The van der Waals surface area contributed by atoms with Crippen molar-refractivity contribution in [2.75, 3.05) is 13.7 Å². The summed E-state index contributed by atoms with van der Waals surface area (Å²) in [7, 11) is 1.61. The SMILES string of the molecule is CCNC(CC1CCCCC1)c1c(F)cccc1OC. The quantitative estimate of drug-likeness (QED) is 0.830. The minimum atomic E-state index is -0.161. The van der Waals surface area contributed by atoms with Crippen LogP contribution < -0.4 is 10.1 Å². The van der Waals surface area contributed by atoms with Crippen LogP contribution in [0.2, 0.25) is 0 Å². The Bertz CT molecular complexity index is 415. The molecule has 0 aromatic heterocycles. The van der Waals surface area contributed by atoms with Crippen LogP contribution in [0.25, 0.3) is 0 Å². The number of methoxy groups -OCH3 is 1. The van der Waals surface area contributed by atoms with E-state index < -0.39 is 0 Å². The van der Waals surface area contributed by atoms with Crippen molar-refractivity contribution in [1.82, 2.24) is 5.32 Å². The third-order valence-electron chi connectivity index (χ3n) is 4.33. The largest absolute Gasteiger partial charge is 0.496 e. The number of nitrogens with one attached hydrogen (secondary N) is 1. The van der Waals surface area contributed by atoms with Crippen LogP contribution in [0.1, 0.15) is 57.1 Å². The molecule has 1 aliphatic rings. The van der Waals surface area contributed by atoms with E-state index in [1.54, 1.807) is 13.2 Å². The summed E-state index contributed by atoms with van der Waals surface area (Å²) in [5.74, 6) is 1.20. The van der Waals surface area contributed by atoms with Crippen LogP contribution in [-0.4, -0.2) is 13.7 Å². The van der Waals surface area contributed by atoms with Crippen LogP contribution in [-0.2, 0) is 0 Å². The molecule has 0 radical (unpaired) electrons. The van der Waals surface area contributed by atoms with Gasteiger partial charge in [-0.05, 0) is 31.0 Å². The average Bonchev–Trinajstić information content (AvgIpc) is 2.47. The van der Waals surface area contributed by atoms with E-state index in [1.165, 1.54) is 38.2 Å². The van der Waals surface area contributed by atoms with Gasteiger partial charge in [-0.3, -0.25) is 0 Å². The van der Waals surface area contributed by atoms with E-state index in [-0.39, 0.29) is 11.9 Å². The zero-order valence-electron chi connectivity index (χ0n) is 12.6. The Morgan fingerprint density at radius 3 is 2.70 bits per heavy atom. The van der Waals surface area contributed by atoms with Gasteiger partial charge in [0.2, 0.25) is 0 Å². The molecule has 0 saturated heterocycles. The third kappa shape index (κ3) is 3.72. The van der Waals surface area contributed by atoms with Gasteiger partial charge in [0.15, 0.2) is 0 Å². The molecule has 1 saturated carbocycles. The lowest BCUT2D eigenvalue weighted by molar-refractivity contribution is 0.293. The summed E-state index contributed by atoms with van der Waals surface area (Å²) >= 11 is 0. The van der Waals surface area contributed by atoms with Crippen molar-refractivity contribution in [3.63, 3.8) is 0 Å². The maximum atomic E-state index is 14.2. The number of hydrogen-bond donors (Lipinski definition) is 1. The molecule has 3 heteroatoms. The van der Waals surface area contributed by atoms with Crippen molar-refractivity contribution in [3.05, 3.63) is 29.6 Å². The Labute approximate surface area is 121 Å². The van der Waals surface area contributed by atoms with Gasteiger partial charge in [-0.1, -0.05) is 45.1 Å². The Balaban J connectivity index is 2.18. The molecule has 0 heterocycles.